The average Bonchev–Trinajstić information content (AvgIpc) is 3.28. The molecule has 0 aliphatic carbocycles. The van der Waals surface area contributed by atoms with Gasteiger partial charge in [0.2, 0.25) is 0 Å². The monoisotopic (exact) mass is 895 g/mol. The van der Waals surface area contributed by atoms with Gasteiger partial charge >= 0.3 is 0 Å². The van der Waals surface area contributed by atoms with Gasteiger partial charge in [-0.3, -0.25) is 9.78 Å². The van der Waals surface area contributed by atoms with Crippen molar-refractivity contribution in [2.75, 3.05) is 20.2 Å². The molecule has 0 spiro atoms. The Labute approximate surface area is 377 Å². The zero-order chi connectivity index (χ0) is 45.2. The minimum atomic E-state index is -0.833. The highest BCUT2D eigenvalue weighted by Crippen LogP contribution is 2.32. The van der Waals surface area contributed by atoms with Gasteiger partial charge < -0.3 is 20.8 Å². The highest BCUT2D eigenvalue weighted by Gasteiger charge is 2.25. The molecule has 0 bridgehead atoms. The molecule has 4 N–H and O–H groups in total. The zero-order valence-electron chi connectivity index (χ0n) is 38.6. The number of hydrogen-bond acceptors (Lipinski definition) is 6. The number of carboxylic acid groups (broad SMARTS) is 1. The van der Waals surface area contributed by atoms with Crippen molar-refractivity contribution in [3.05, 3.63) is 155 Å². The fourth-order valence-electron chi connectivity index (χ4n) is 7.33. The van der Waals surface area contributed by atoms with Gasteiger partial charge in [-0.05, 0) is 137 Å². The van der Waals surface area contributed by atoms with E-state index in [1.54, 1.807) is 0 Å². The van der Waals surface area contributed by atoms with Crippen LogP contribution in [0.1, 0.15) is 134 Å². The Morgan fingerprint density at radius 3 is 1.34 bits per heavy atom. The fourth-order valence-corrected chi connectivity index (χ4v) is 7.72. The van der Waals surface area contributed by atoms with Crippen LogP contribution in [0.3, 0.4) is 0 Å². The maximum absolute atomic E-state index is 9.00. The first-order chi connectivity index (χ1) is 29.2. The molecular formula is C53H75BrN4O3. The van der Waals surface area contributed by atoms with Crippen LogP contribution in [-0.4, -0.2) is 46.3 Å². The number of nitrogens with zero attached hydrogens (tertiary/aromatic N) is 2. The van der Waals surface area contributed by atoms with Gasteiger partial charge in [0.15, 0.2) is 0 Å². The second-order valence-electron chi connectivity index (χ2n) is 17.0. The van der Waals surface area contributed by atoms with Crippen LogP contribution in [0.5, 0.6) is 0 Å². The number of rotatable bonds is 7. The third kappa shape index (κ3) is 20.9. The van der Waals surface area contributed by atoms with Crippen LogP contribution >= 0.6 is 15.9 Å². The predicted molar refractivity (Wildman–Crippen MR) is 261 cm³/mol. The molecule has 0 radical (unpaired) electrons. The maximum atomic E-state index is 9.00. The Bertz CT molecular complexity index is 1810. The van der Waals surface area contributed by atoms with Crippen LogP contribution in [0.25, 0.3) is 11.3 Å². The Balaban J connectivity index is 0.000000271. The summed E-state index contributed by atoms with van der Waals surface area (Å²) in [5.74, 6) is 3.71. The number of halogens is 1. The fraction of sp³-hybridized carbons (Fsp3) is 0.453. The standard InChI is InChI=1S/2C14H21N.C14H15N.C8H10BrN.C2H4O2.CH4O/c3*1-11(2)13-8-9-15-14(10-13)12-6-4-3-5-7-12;1-6(2)7-3-4-10-8(9)5-7;1-2(3)4;1-2/h2*3-7,11,13-15H,8-10H2,1-2H3;3-11H,1-2H3;3-6H,1-2H3;1H3,(H,3,4);2H,1H3/t2*13-,14+;;;;/m00..../s1. The molecule has 332 valence electrons. The molecule has 0 amide bonds. The molecule has 2 aliphatic rings. The molecule has 4 atom stereocenters. The molecule has 2 aliphatic heterocycles. The zero-order valence-corrected chi connectivity index (χ0v) is 40.1. The number of hydrogen-bond donors (Lipinski definition) is 4. The third-order valence-corrected chi connectivity index (χ3v) is 11.5. The summed E-state index contributed by atoms with van der Waals surface area (Å²) in [6.07, 6.45) is 8.96. The topological polar surface area (TPSA) is 107 Å². The van der Waals surface area contributed by atoms with E-state index >= 15 is 0 Å². The molecule has 7 nitrogen and oxygen atoms in total. The van der Waals surface area contributed by atoms with E-state index in [4.69, 9.17) is 15.0 Å². The van der Waals surface area contributed by atoms with E-state index in [2.05, 4.69) is 177 Å². The van der Waals surface area contributed by atoms with Crippen LogP contribution in [0.4, 0.5) is 0 Å². The Morgan fingerprint density at radius 1 is 0.607 bits per heavy atom. The Morgan fingerprint density at radius 2 is 0.984 bits per heavy atom. The van der Waals surface area contributed by atoms with Crippen LogP contribution in [0.2, 0.25) is 0 Å². The first kappa shape index (κ1) is 52.9. The molecule has 8 heteroatoms. The molecule has 2 fully saturated rings. The van der Waals surface area contributed by atoms with Crippen LogP contribution < -0.4 is 10.6 Å². The summed E-state index contributed by atoms with van der Waals surface area (Å²) in [6.45, 7) is 21.5. The van der Waals surface area contributed by atoms with Crippen LogP contribution in [0.15, 0.2) is 132 Å². The first-order valence-corrected chi connectivity index (χ1v) is 22.9. The minimum Gasteiger partial charge on any atom is -0.481 e. The molecule has 2 aromatic heterocycles. The van der Waals surface area contributed by atoms with E-state index in [9.17, 15) is 0 Å². The lowest BCUT2D eigenvalue weighted by Crippen LogP contribution is -2.33. The summed E-state index contributed by atoms with van der Waals surface area (Å²) in [5, 5.41) is 21.7. The van der Waals surface area contributed by atoms with E-state index in [0.29, 0.717) is 23.9 Å². The maximum Gasteiger partial charge on any atom is 0.300 e. The van der Waals surface area contributed by atoms with E-state index in [-0.39, 0.29) is 0 Å². The molecule has 61 heavy (non-hydrogen) atoms. The molecule has 5 aromatic rings. The minimum absolute atomic E-state index is 0.551. The number of aliphatic carboxylic acids is 1. The summed E-state index contributed by atoms with van der Waals surface area (Å²) in [7, 11) is 1.00. The van der Waals surface area contributed by atoms with Gasteiger partial charge in [-0.2, -0.15) is 0 Å². The van der Waals surface area contributed by atoms with Gasteiger partial charge in [0.25, 0.3) is 5.97 Å². The number of pyridine rings is 2. The smallest absolute Gasteiger partial charge is 0.300 e. The molecule has 3 aromatic carbocycles. The number of aliphatic hydroxyl groups excluding tert-OH is 1. The highest BCUT2D eigenvalue weighted by molar-refractivity contribution is 9.10. The van der Waals surface area contributed by atoms with Crippen molar-refractivity contribution in [2.45, 2.75) is 112 Å². The molecule has 4 heterocycles. The lowest BCUT2D eigenvalue weighted by Gasteiger charge is -2.33. The molecule has 2 saturated heterocycles. The largest absolute Gasteiger partial charge is 0.481 e. The lowest BCUT2D eigenvalue weighted by atomic mass is 9.82. The van der Waals surface area contributed by atoms with Gasteiger partial charge in [0, 0.05) is 44.1 Å². The van der Waals surface area contributed by atoms with Crippen LogP contribution in [-0.2, 0) is 4.79 Å². The van der Waals surface area contributed by atoms with Gasteiger partial charge in [-0.25, -0.2) is 4.98 Å². The number of aromatic nitrogens is 2. The Kier molecular flexibility index (Phi) is 26.0. The van der Waals surface area contributed by atoms with Crippen molar-refractivity contribution >= 4 is 21.9 Å². The molecule has 0 saturated carbocycles. The van der Waals surface area contributed by atoms with E-state index in [0.717, 1.165) is 48.0 Å². The van der Waals surface area contributed by atoms with Crippen LogP contribution in [0, 0.1) is 23.7 Å². The van der Waals surface area contributed by atoms with E-state index in [1.165, 1.54) is 66.6 Å². The van der Waals surface area contributed by atoms with Crippen molar-refractivity contribution in [1.82, 2.24) is 20.6 Å². The second kappa shape index (κ2) is 29.9. The number of aliphatic hydroxyl groups is 1. The highest BCUT2D eigenvalue weighted by atomic mass is 79.9. The van der Waals surface area contributed by atoms with Crippen molar-refractivity contribution < 1.29 is 15.0 Å². The van der Waals surface area contributed by atoms with Crippen molar-refractivity contribution in [2.24, 2.45) is 23.7 Å². The van der Waals surface area contributed by atoms with Gasteiger partial charge in [0.1, 0.15) is 4.60 Å². The predicted octanol–water partition coefficient (Wildman–Crippen LogP) is 13.3. The SMILES string of the molecule is CC(=O)O.CC(C)[C@H]1CCN[C@@H](c2ccccc2)C1.CC(C)[C@H]1CCN[C@@H](c2ccccc2)C1.CC(C)c1ccnc(-c2ccccc2)c1.CC(C)c1ccnc(Br)c1.CO. The van der Waals surface area contributed by atoms with Crippen molar-refractivity contribution in [3.63, 3.8) is 0 Å². The van der Waals surface area contributed by atoms with Gasteiger partial charge in [-0.1, -0.05) is 146 Å². The van der Waals surface area contributed by atoms with Gasteiger partial charge in [0.05, 0.1) is 5.69 Å². The average molecular weight is 896 g/mol. The van der Waals surface area contributed by atoms with Crippen molar-refractivity contribution in [3.8, 4) is 11.3 Å². The van der Waals surface area contributed by atoms with Gasteiger partial charge in [-0.15, -0.1) is 0 Å². The quantitative estimate of drug-likeness (QED) is 0.121. The number of nitrogens with one attached hydrogen (secondary N) is 2. The molecule has 7 rings (SSSR count). The summed E-state index contributed by atoms with van der Waals surface area (Å²) in [5.41, 5.74) is 7.79. The summed E-state index contributed by atoms with van der Waals surface area (Å²) in [6, 6.07) is 41.4. The normalized spacial score (nSPS) is 18.0. The van der Waals surface area contributed by atoms with E-state index < -0.39 is 5.97 Å². The number of piperidine rings is 2. The first-order valence-electron chi connectivity index (χ1n) is 22.1. The second-order valence-corrected chi connectivity index (χ2v) is 17.8. The van der Waals surface area contributed by atoms with Crippen molar-refractivity contribution in [1.29, 1.82) is 0 Å². The lowest BCUT2D eigenvalue weighted by molar-refractivity contribution is -0.134. The number of benzene rings is 3. The summed E-state index contributed by atoms with van der Waals surface area (Å²) in [4.78, 5) is 17.4. The summed E-state index contributed by atoms with van der Waals surface area (Å²) < 4.78 is 0.915. The Hall–Kier alpha value is -4.21. The third-order valence-electron chi connectivity index (χ3n) is 11.1. The molecule has 0 unspecified atom stereocenters. The number of carbonyl (C=O) groups is 1. The number of carboxylic acids is 1. The summed E-state index contributed by atoms with van der Waals surface area (Å²) >= 11 is 3.32. The van der Waals surface area contributed by atoms with E-state index in [1.807, 2.05) is 42.7 Å². The molecular weight excluding hydrogens is 821 g/mol.